The molecule has 0 radical (unpaired) electrons. The number of hydrogen-bond acceptors (Lipinski definition) is 3. The molecule has 0 aliphatic heterocycles. The van der Waals surface area contributed by atoms with Crippen molar-refractivity contribution in [2.45, 2.75) is 40.2 Å². The van der Waals surface area contributed by atoms with Crippen LogP contribution >= 0.6 is 0 Å². The molecule has 3 heteroatoms. The molecule has 0 saturated heterocycles. The molecular weight excluding hydrogens is 258 g/mol. The molecule has 1 heterocycles. The SMILES string of the molecule is CCCNCc1cnc(N(CC)CCC)c2ccccc12. The summed E-state index contributed by atoms with van der Waals surface area (Å²) in [7, 11) is 0. The van der Waals surface area contributed by atoms with Crippen LogP contribution < -0.4 is 10.2 Å². The minimum absolute atomic E-state index is 0.890. The Morgan fingerprint density at radius 1 is 1.05 bits per heavy atom. The summed E-state index contributed by atoms with van der Waals surface area (Å²) >= 11 is 0. The standard InChI is InChI=1S/C18H27N3/c1-4-11-19-13-15-14-20-18(21(6-3)12-5-2)17-10-8-7-9-16(15)17/h7-10,14,19H,4-6,11-13H2,1-3H3. The number of hydrogen-bond donors (Lipinski definition) is 1. The Kier molecular flexibility index (Phi) is 6.00. The molecule has 0 aliphatic carbocycles. The van der Waals surface area contributed by atoms with Crippen LogP contribution in [0.5, 0.6) is 0 Å². The number of anilines is 1. The summed E-state index contributed by atoms with van der Waals surface area (Å²) in [4.78, 5) is 7.13. The van der Waals surface area contributed by atoms with Gasteiger partial charge in [-0.3, -0.25) is 0 Å². The second-order valence-electron chi connectivity index (χ2n) is 5.41. The van der Waals surface area contributed by atoms with E-state index in [0.29, 0.717) is 0 Å². The first kappa shape index (κ1) is 15.8. The number of benzene rings is 1. The van der Waals surface area contributed by atoms with Gasteiger partial charge in [0.05, 0.1) is 0 Å². The molecule has 0 spiro atoms. The van der Waals surface area contributed by atoms with Crippen LogP contribution in [-0.2, 0) is 6.54 Å². The van der Waals surface area contributed by atoms with Crippen molar-refractivity contribution in [2.75, 3.05) is 24.5 Å². The van der Waals surface area contributed by atoms with E-state index in [4.69, 9.17) is 4.98 Å². The molecule has 3 nitrogen and oxygen atoms in total. The van der Waals surface area contributed by atoms with Crippen molar-refractivity contribution in [1.82, 2.24) is 10.3 Å². The monoisotopic (exact) mass is 285 g/mol. The smallest absolute Gasteiger partial charge is 0.136 e. The summed E-state index contributed by atoms with van der Waals surface area (Å²) in [5.74, 6) is 1.12. The molecule has 1 aromatic carbocycles. The zero-order valence-electron chi connectivity index (χ0n) is 13.5. The highest BCUT2D eigenvalue weighted by atomic mass is 15.2. The molecular formula is C18H27N3. The topological polar surface area (TPSA) is 28.2 Å². The molecule has 2 rings (SSSR count). The highest BCUT2D eigenvalue weighted by Gasteiger charge is 2.11. The maximum Gasteiger partial charge on any atom is 0.136 e. The van der Waals surface area contributed by atoms with E-state index in [1.165, 1.54) is 16.3 Å². The number of pyridine rings is 1. The number of aromatic nitrogens is 1. The van der Waals surface area contributed by atoms with E-state index >= 15 is 0 Å². The average molecular weight is 285 g/mol. The number of rotatable bonds is 8. The Balaban J connectivity index is 2.39. The van der Waals surface area contributed by atoms with E-state index in [9.17, 15) is 0 Å². The molecule has 0 fully saturated rings. The van der Waals surface area contributed by atoms with Gasteiger partial charge in [0.1, 0.15) is 5.82 Å². The Hall–Kier alpha value is -1.61. The lowest BCUT2D eigenvalue weighted by molar-refractivity contribution is 0.676. The van der Waals surface area contributed by atoms with Gasteiger partial charge in [-0.15, -0.1) is 0 Å². The minimum Gasteiger partial charge on any atom is -0.356 e. The van der Waals surface area contributed by atoms with Crippen LogP contribution in [0, 0.1) is 0 Å². The summed E-state index contributed by atoms with van der Waals surface area (Å²) in [5, 5.41) is 6.06. The number of nitrogens with zero attached hydrogens (tertiary/aromatic N) is 2. The third kappa shape index (κ3) is 3.73. The normalized spacial score (nSPS) is 11.0. The van der Waals surface area contributed by atoms with Crippen molar-refractivity contribution in [3.05, 3.63) is 36.0 Å². The van der Waals surface area contributed by atoms with E-state index in [1.807, 2.05) is 6.20 Å². The quantitative estimate of drug-likeness (QED) is 0.744. The molecule has 0 saturated carbocycles. The molecule has 1 N–H and O–H groups in total. The van der Waals surface area contributed by atoms with E-state index in [0.717, 1.165) is 44.8 Å². The van der Waals surface area contributed by atoms with Crippen LogP contribution in [0.1, 0.15) is 39.2 Å². The predicted octanol–water partition coefficient (Wildman–Crippen LogP) is 3.97. The van der Waals surface area contributed by atoms with Gasteiger partial charge in [-0.25, -0.2) is 4.98 Å². The van der Waals surface area contributed by atoms with Crippen molar-refractivity contribution in [2.24, 2.45) is 0 Å². The molecule has 0 bridgehead atoms. The summed E-state index contributed by atoms with van der Waals surface area (Å²) in [6, 6.07) is 8.63. The third-order valence-electron chi connectivity index (χ3n) is 3.77. The average Bonchev–Trinajstić information content (AvgIpc) is 2.53. The Labute approximate surface area is 128 Å². The molecule has 21 heavy (non-hydrogen) atoms. The summed E-state index contributed by atoms with van der Waals surface area (Å²) in [6.07, 6.45) is 4.34. The summed E-state index contributed by atoms with van der Waals surface area (Å²) in [5.41, 5.74) is 1.29. The highest BCUT2D eigenvalue weighted by Crippen LogP contribution is 2.27. The van der Waals surface area contributed by atoms with Gasteiger partial charge < -0.3 is 10.2 Å². The molecule has 2 aromatic rings. The van der Waals surface area contributed by atoms with Crippen molar-refractivity contribution in [3.8, 4) is 0 Å². The van der Waals surface area contributed by atoms with Crippen molar-refractivity contribution in [3.63, 3.8) is 0 Å². The predicted molar refractivity (Wildman–Crippen MR) is 91.9 cm³/mol. The first-order valence-electron chi connectivity index (χ1n) is 8.14. The van der Waals surface area contributed by atoms with Crippen molar-refractivity contribution < 1.29 is 0 Å². The maximum atomic E-state index is 4.76. The van der Waals surface area contributed by atoms with E-state index in [2.05, 4.69) is 55.3 Å². The van der Waals surface area contributed by atoms with E-state index in [1.54, 1.807) is 0 Å². The first-order chi connectivity index (χ1) is 10.3. The van der Waals surface area contributed by atoms with Gasteiger partial charge in [-0.1, -0.05) is 38.1 Å². The number of fused-ring (bicyclic) bond motifs is 1. The van der Waals surface area contributed by atoms with Crippen molar-refractivity contribution in [1.29, 1.82) is 0 Å². The first-order valence-corrected chi connectivity index (χ1v) is 8.14. The number of nitrogens with one attached hydrogen (secondary N) is 1. The fraction of sp³-hybridized carbons (Fsp3) is 0.500. The second-order valence-corrected chi connectivity index (χ2v) is 5.41. The Morgan fingerprint density at radius 2 is 1.81 bits per heavy atom. The zero-order chi connectivity index (χ0) is 15.1. The lowest BCUT2D eigenvalue weighted by Crippen LogP contribution is -2.25. The minimum atomic E-state index is 0.890. The van der Waals surface area contributed by atoms with Gasteiger partial charge >= 0.3 is 0 Å². The van der Waals surface area contributed by atoms with Gasteiger partial charge in [-0.05, 0) is 37.3 Å². The van der Waals surface area contributed by atoms with E-state index < -0.39 is 0 Å². The molecule has 0 amide bonds. The summed E-state index contributed by atoms with van der Waals surface area (Å²) in [6.45, 7) is 10.6. The Bertz CT molecular complexity index is 565. The van der Waals surface area contributed by atoms with Gasteiger partial charge in [0, 0.05) is 31.2 Å². The lowest BCUT2D eigenvalue weighted by Gasteiger charge is -2.23. The van der Waals surface area contributed by atoms with Crippen LogP contribution in [0.4, 0.5) is 5.82 Å². The molecule has 0 unspecified atom stereocenters. The van der Waals surface area contributed by atoms with Gasteiger partial charge in [-0.2, -0.15) is 0 Å². The van der Waals surface area contributed by atoms with Gasteiger partial charge in [0.25, 0.3) is 0 Å². The molecule has 0 aliphatic rings. The maximum absolute atomic E-state index is 4.76. The molecule has 0 atom stereocenters. The van der Waals surface area contributed by atoms with E-state index in [-0.39, 0.29) is 0 Å². The highest BCUT2D eigenvalue weighted by molar-refractivity contribution is 5.94. The fourth-order valence-electron chi connectivity index (χ4n) is 2.71. The van der Waals surface area contributed by atoms with Crippen LogP contribution in [-0.4, -0.2) is 24.6 Å². The largest absolute Gasteiger partial charge is 0.356 e. The Morgan fingerprint density at radius 3 is 2.48 bits per heavy atom. The van der Waals surface area contributed by atoms with Gasteiger partial charge in [0.15, 0.2) is 0 Å². The van der Waals surface area contributed by atoms with Crippen LogP contribution in [0.15, 0.2) is 30.5 Å². The van der Waals surface area contributed by atoms with Crippen LogP contribution in [0.2, 0.25) is 0 Å². The summed E-state index contributed by atoms with van der Waals surface area (Å²) < 4.78 is 0. The lowest BCUT2D eigenvalue weighted by atomic mass is 10.1. The van der Waals surface area contributed by atoms with Crippen molar-refractivity contribution >= 4 is 16.6 Å². The molecule has 114 valence electrons. The van der Waals surface area contributed by atoms with Gasteiger partial charge in [0.2, 0.25) is 0 Å². The van der Waals surface area contributed by atoms with Crippen LogP contribution in [0.3, 0.4) is 0 Å². The van der Waals surface area contributed by atoms with Crippen LogP contribution in [0.25, 0.3) is 10.8 Å². The zero-order valence-corrected chi connectivity index (χ0v) is 13.5. The fourth-order valence-corrected chi connectivity index (χ4v) is 2.71. The second kappa shape index (κ2) is 7.99. The third-order valence-corrected chi connectivity index (χ3v) is 3.77. The molecule has 1 aromatic heterocycles.